The van der Waals surface area contributed by atoms with Crippen molar-refractivity contribution in [3.8, 4) is 0 Å². The second-order valence-electron chi connectivity index (χ2n) is 9.24. The molecule has 2 aliphatic carbocycles. The van der Waals surface area contributed by atoms with E-state index in [-0.39, 0.29) is 5.92 Å². The Morgan fingerprint density at radius 3 is 2.35 bits per heavy atom. The van der Waals surface area contributed by atoms with E-state index in [1.54, 1.807) is 13.8 Å². The highest BCUT2D eigenvalue weighted by molar-refractivity contribution is 8.07. The first-order valence-electron chi connectivity index (χ1n) is 10.8. The Kier molecular flexibility index (Phi) is 5.87. The van der Waals surface area contributed by atoms with Crippen molar-refractivity contribution in [2.75, 3.05) is 5.32 Å². The van der Waals surface area contributed by atoms with Crippen molar-refractivity contribution in [3.63, 3.8) is 0 Å². The number of carbonyl (C=O) groups is 1. The minimum atomic E-state index is -3.37. The zero-order valence-corrected chi connectivity index (χ0v) is 20.2. The third-order valence-corrected chi connectivity index (χ3v) is 8.81. The van der Waals surface area contributed by atoms with Crippen molar-refractivity contribution in [1.29, 1.82) is 0 Å². The van der Waals surface area contributed by atoms with Crippen LogP contribution in [-0.2, 0) is 35.6 Å². The molecule has 0 radical (unpaired) electrons. The highest BCUT2D eigenvalue weighted by Crippen LogP contribution is 2.49. The number of aryl methyl sites for hydroxylation is 2. The van der Waals surface area contributed by atoms with Crippen molar-refractivity contribution in [2.45, 2.75) is 71.8 Å². The number of rotatable bonds is 3. The Morgan fingerprint density at radius 1 is 1.26 bits per heavy atom. The molecule has 2 amide bonds. The van der Waals surface area contributed by atoms with Gasteiger partial charge in [-0.1, -0.05) is 24.8 Å². The minimum absolute atomic E-state index is 0.131. The van der Waals surface area contributed by atoms with E-state index in [1.807, 2.05) is 13.8 Å². The average Bonchev–Trinajstić information content (AvgIpc) is 3.32. The van der Waals surface area contributed by atoms with Gasteiger partial charge in [-0.3, -0.25) is 0 Å². The van der Waals surface area contributed by atoms with Crippen LogP contribution in [-0.4, -0.2) is 20.9 Å². The highest BCUT2D eigenvalue weighted by Gasteiger charge is 2.35. The quantitative estimate of drug-likeness (QED) is 0.601. The maximum absolute atomic E-state index is 13.0. The van der Waals surface area contributed by atoms with Crippen molar-refractivity contribution >= 4 is 33.4 Å². The summed E-state index contributed by atoms with van der Waals surface area (Å²) in [6, 6.07) is 1.63. The highest BCUT2D eigenvalue weighted by atomic mass is 32.2. The summed E-state index contributed by atoms with van der Waals surface area (Å²) in [4.78, 5) is 14.5. The standard InChI is InChI=1S/C23H31N3O3S2/c1-13-19(30-14(2)20(13)23(3,4)28)12-31(24,29)26-22(27)25-21-17-9-5-7-15(17)11-16-8-6-10-18(16)21/h11-13,28H,5-10H2,1-4H3,(H3,24,25,26,27,29)/b19-12-/t13?,31-/m0/s1. The molecular weight excluding hydrogens is 430 g/mol. The first-order valence-corrected chi connectivity index (χ1v) is 13.3. The minimum Gasteiger partial charge on any atom is -0.386 e. The van der Waals surface area contributed by atoms with Crippen molar-refractivity contribution < 1.29 is 14.1 Å². The van der Waals surface area contributed by atoms with E-state index in [1.165, 1.54) is 39.4 Å². The molecule has 1 aromatic rings. The molecule has 0 fully saturated rings. The zero-order valence-electron chi connectivity index (χ0n) is 18.6. The Balaban J connectivity index is 1.60. The lowest BCUT2D eigenvalue weighted by molar-refractivity contribution is 0.111. The topological polar surface area (TPSA) is 105 Å². The second-order valence-corrected chi connectivity index (χ2v) is 12.2. The third-order valence-electron chi connectivity index (χ3n) is 6.38. The van der Waals surface area contributed by atoms with Crippen LogP contribution in [0.15, 0.2) is 31.2 Å². The molecule has 6 nitrogen and oxygen atoms in total. The number of nitrogens with zero attached hydrogens (tertiary/aromatic N) is 1. The number of thioether (sulfide) groups is 1. The zero-order chi connectivity index (χ0) is 22.6. The molecule has 2 atom stereocenters. The summed E-state index contributed by atoms with van der Waals surface area (Å²) in [7, 11) is -3.37. The number of anilines is 1. The molecule has 8 heteroatoms. The van der Waals surface area contributed by atoms with Crippen LogP contribution in [0, 0.1) is 5.92 Å². The van der Waals surface area contributed by atoms with E-state index in [0.29, 0.717) is 0 Å². The molecule has 3 aliphatic rings. The van der Waals surface area contributed by atoms with E-state index in [2.05, 4.69) is 15.7 Å². The molecule has 1 aromatic carbocycles. The van der Waals surface area contributed by atoms with Crippen LogP contribution in [0.4, 0.5) is 10.5 Å². The number of amides is 2. The van der Waals surface area contributed by atoms with Crippen LogP contribution in [0.5, 0.6) is 0 Å². The summed E-state index contributed by atoms with van der Waals surface area (Å²) in [6.07, 6.45) is 6.13. The molecule has 4 rings (SSSR count). The monoisotopic (exact) mass is 461 g/mol. The van der Waals surface area contributed by atoms with E-state index in [9.17, 15) is 14.1 Å². The van der Waals surface area contributed by atoms with Crippen LogP contribution >= 0.6 is 11.8 Å². The maximum atomic E-state index is 13.0. The molecule has 1 heterocycles. The Morgan fingerprint density at radius 2 is 1.84 bits per heavy atom. The number of hydrogen-bond donors (Lipinski definition) is 3. The van der Waals surface area contributed by atoms with E-state index in [0.717, 1.165) is 59.6 Å². The molecule has 4 N–H and O–H groups in total. The van der Waals surface area contributed by atoms with Crippen LogP contribution in [0.3, 0.4) is 0 Å². The van der Waals surface area contributed by atoms with Gasteiger partial charge in [-0.2, -0.15) is 0 Å². The van der Waals surface area contributed by atoms with E-state index < -0.39 is 21.5 Å². The first-order chi connectivity index (χ1) is 14.5. The molecule has 0 saturated heterocycles. The van der Waals surface area contributed by atoms with Crippen LogP contribution in [0.2, 0.25) is 0 Å². The fourth-order valence-electron chi connectivity index (χ4n) is 5.27. The van der Waals surface area contributed by atoms with Crippen LogP contribution < -0.4 is 10.5 Å². The Labute approximate surface area is 189 Å². The van der Waals surface area contributed by atoms with Gasteiger partial charge < -0.3 is 10.4 Å². The number of nitrogens with one attached hydrogen (secondary N) is 1. The fourth-order valence-corrected chi connectivity index (χ4v) is 7.96. The van der Waals surface area contributed by atoms with Gasteiger partial charge in [0.25, 0.3) is 0 Å². The Bertz CT molecular complexity index is 1100. The van der Waals surface area contributed by atoms with Gasteiger partial charge in [-0.15, -0.1) is 4.36 Å². The van der Waals surface area contributed by atoms with Gasteiger partial charge in [0.1, 0.15) is 9.92 Å². The number of nitrogens with two attached hydrogens (primary N) is 1. The first kappa shape index (κ1) is 22.6. The molecular formula is C23H31N3O3S2. The summed E-state index contributed by atoms with van der Waals surface area (Å²) in [5.41, 5.74) is 5.76. The maximum Gasteiger partial charge on any atom is 0.354 e. The van der Waals surface area contributed by atoms with Gasteiger partial charge in [0, 0.05) is 21.9 Å². The van der Waals surface area contributed by atoms with Gasteiger partial charge >= 0.3 is 6.03 Å². The fraction of sp³-hybridized carbons (Fsp3) is 0.522. The average molecular weight is 462 g/mol. The van der Waals surface area contributed by atoms with Gasteiger partial charge in [0.15, 0.2) is 0 Å². The van der Waals surface area contributed by atoms with Gasteiger partial charge in [0.05, 0.1) is 5.60 Å². The summed E-state index contributed by atoms with van der Waals surface area (Å²) in [5, 5.41) is 20.7. The van der Waals surface area contributed by atoms with Gasteiger partial charge in [-0.05, 0) is 92.0 Å². The van der Waals surface area contributed by atoms with Crippen molar-refractivity contribution in [1.82, 2.24) is 0 Å². The largest absolute Gasteiger partial charge is 0.386 e. The number of fused-ring (bicyclic) bond motifs is 2. The lowest BCUT2D eigenvalue weighted by Gasteiger charge is -2.24. The molecule has 1 aliphatic heterocycles. The molecule has 0 saturated carbocycles. The number of benzene rings is 1. The third kappa shape index (κ3) is 4.49. The lowest BCUT2D eigenvalue weighted by Crippen LogP contribution is -2.25. The van der Waals surface area contributed by atoms with Gasteiger partial charge in [-0.25, -0.2) is 14.1 Å². The lowest BCUT2D eigenvalue weighted by atomic mass is 9.87. The van der Waals surface area contributed by atoms with Crippen molar-refractivity contribution in [2.24, 2.45) is 15.4 Å². The predicted octanol–water partition coefficient (Wildman–Crippen LogP) is 4.81. The van der Waals surface area contributed by atoms with Crippen molar-refractivity contribution in [3.05, 3.63) is 49.1 Å². The van der Waals surface area contributed by atoms with Gasteiger partial charge in [0.2, 0.25) is 0 Å². The SMILES string of the molecule is CC1=C(C(C)(C)O)C(C)/C(=C/[S@@](N)(=O)=NC(=O)Nc2c3c(cc4c2CCC4)CCC3)S1. The molecule has 0 spiro atoms. The predicted molar refractivity (Wildman–Crippen MR) is 128 cm³/mol. The Hall–Kier alpha value is -1.61. The summed E-state index contributed by atoms with van der Waals surface area (Å²) in [5.74, 6) is -0.131. The molecule has 31 heavy (non-hydrogen) atoms. The van der Waals surface area contributed by atoms with Crippen LogP contribution in [0.25, 0.3) is 0 Å². The summed E-state index contributed by atoms with van der Waals surface area (Å²) < 4.78 is 16.8. The number of carbonyl (C=O) groups excluding carboxylic acids is 1. The van der Waals surface area contributed by atoms with Crippen LogP contribution in [0.1, 0.15) is 62.8 Å². The summed E-state index contributed by atoms with van der Waals surface area (Å²) in [6.45, 7) is 7.34. The number of aliphatic hydroxyl groups is 1. The smallest absolute Gasteiger partial charge is 0.354 e. The normalized spacial score (nSPS) is 23.7. The van der Waals surface area contributed by atoms with E-state index >= 15 is 0 Å². The molecule has 0 aromatic heterocycles. The number of urea groups is 1. The second kappa shape index (κ2) is 8.06. The molecule has 168 valence electrons. The molecule has 1 unspecified atom stereocenters. The molecule has 0 bridgehead atoms. The van der Waals surface area contributed by atoms with E-state index in [4.69, 9.17) is 5.14 Å². The number of allylic oxidation sites excluding steroid dienone is 2. The number of hydrogen-bond acceptors (Lipinski definition) is 4. The summed E-state index contributed by atoms with van der Waals surface area (Å²) >= 11 is 1.43.